The largest absolute Gasteiger partial charge is 0.790 e. The topological polar surface area (TPSA) is 434 Å². The Balaban J connectivity index is 0.966. The lowest BCUT2D eigenvalue weighted by Crippen LogP contribution is -2.47. The van der Waals surface area contributed by atoms with Crippen molar-refractivity contribution >= 4 is 69.1 Å². The highest BCUT2D eigenvalue weighted by molar-refractivity contribution is 8.14. The molecule has 32 heteroatoms. The molecule has 2 aromatic heterocycles. The zero-order valence-corrected chi connectivity index (χ0v) is 49.0. The van der Waals surface area contributed by atoms with Gasteiger partial charge in [0, 0.05) is 43.7 Å². The maximum atomic E-state index is 12.7. The summed E-state index contributed by atoms with van der Waals surface area (Å²) < 4.78 is 72.2. The van der Waals surface area contributed by atoms with E-state index in [-0.39, 0.29) is 54.1 Å². The molecular weight excluding hydrogens is 1140 g/mol. The monoisotopic (exact) mass is 1220 g/mol. The van der Waals surface area contributed by atoms with Crippen LogP contribution in [0.5, 0.6) is 0 Å². The fourth-order valence-electron chi connectivity index (χ4n) is 8.62. The van der Waals surface area contributed by atoms with Crippen molar-refractivity contribution in [1.29, 1.82) is 0 Å². The Hall–Kier alpha value is -2.86. The predicted octanol–water partition coefficient (Wildman–Crippen LogP) is 2.20. The van der Waals surface area contributed by atoms with Crippen molar-refractivity contribution in [1.82, 2.24) is 30.2 Å². The fraction of sp³-hybridized carbons (Fsp3) is 0.792. The number of thioether (sulfide) groups is 1. The lowest BCUT2D eigenvalue weighted by atomic mass is 9.87. The first-order valence-corrected chi connectivity index (χ1v) is 32.4. The van der Waals surface area contributed by atoms with Crippen molar-refractivity contribution < 1.29 is 100 Å². The molecule has 2 aliphatic heterocycles. The number of imidazole rings is 1. The molecule has 2 unspecified atom stereocenters. The van der Waals surface area contributed by atoms with E-state index in [1.54, 1.807) is 6.92 Å². The van der Waals surface area contributed by atoms with Gasteiger partial charge in [0.2, 0.25) is 16.9 Å². The molecule has 2 fully saturated rings. The number of nitrogens with one attached hydrogen (secondary N) is 2. The number of hydrogen-bond donors (Lipinski definition) is 7. The second-order valence-electron chi connectivity index (χ2n) is 20.4. The van der Waals surface area contributed by atoms with E-state index in [1.165, 1.54) is 97.0 Å². The Morgan fingerprint density at radius 3 is 2.08 bits per heavy atom. The van der Waals surface area contributed by atoms with Crippen molar-refractivity contribution in [2.45, 2.75) is 198 Å². The predicted molar refractivity (Wildman–Crippen MR) is 283 cm³/mol. The van der Waals surface area contributed by atoms with E-state index in [1.807, 2.05) is 6.08 Å². The summed E-state index contributed by atoms with van der Waals surface area (Å²) in [6, 6.07) is 0. The Morgan fingerprint density at radius 2 is 1.45 bits per heavy atom. The van der Waals surface area contributed by atoms with Crippen LogP contribution >= 0.6 is 35.2 Å². The molecule has 4 heterocycles. The molecule has 2 aliphatic rings. The molecule has 28 nitrogen and oxygen atoms in total. The number of aromatic nitrogens is 4. The minimum absolute atomic E-state index is 0.0237. The van der Waals surface area contributed by atoms with Gasteiger partial charge < -0.3 is 88.7 Å². The standard InChI is InChI=1S/C48H84N7O21P3S/c1-33-34(56)28-35(57)47(73-33)70-26-21-19-17-15-13-11-9-7-5-4-6-8-10-12-14-16-18-20-22-38(59)80-27-25-50-37(58)23-24-51-45(62)42(61)48(2,3)30-72-79(68,69)76-78(66,67)71-29-36-41(75-77(63,64)65)40(60)46(74-36)55-32-54-39-43(49)52-31-53-44(39)55/h20,22,31-36,40-42,46-47,56-57,60-61H,4-19,21,23-30H2,1-3H3,(H,50,58)(H,51,62)(H,66,67)(H,68,69)(H2,49,52,53)(H2,63,64,65)/p-4/b22-20+/t33-,34+,35+,36+,40+,41+,42-,46+,47+/m0/s1. The number of fused-ring (bicyclic) bond motifs is 1. The van der Waals surface area contributed by atoms with Crippen LogP contribution < -0.4 is 35.9 Å². The van der Waals surface area contributed by atoms with E-state index in [0.29, 0.717) is 12.4 Å². The molecular formula is C48H80N7O21P3S-4. The first kappa shape index (κ1) is 69.6. The zero-order chi connectivity index (χ0) is 58.9. The molecule has 2 amide bonds. The number of anilines is 1. The smallest absolute Gasteiger partial charge is 0.274 e. The highest BCUT2D eigenvalue weighted by Crippen LogP contribution is 2.56. The number of phosphoric acid groups is 3. The van der Waals surface area contributed by atoms with Gasteiger partial charge in [0.25, 0.3) is 15.6 Å². The summed E-state index contributed by atoms with van der Waals surface area (Å²) in [6.07, 6.45) is 13.5. The molecule has 4 rings (SSSR count). The summed E-state index contributed by atoms with van der Waals surface area (Å²) in [5, 5.41) is 46.1. The number of nitrogen functional groups attached to an aromatic ring is 1. The molecule has 0 radical (unpaired) electrons. The van der Waals surface area contributed by atoms with Crippen molar-refractivity contribution in [2.24, 2.45) is 5.41 Å². The number of nitrogens with zero attached hydrogens (tertiary/aromatic N) is 4. The third kappa shape index (κ3) is 25.6. The molecule has 8 N–H and O–H groups in total. The highest BCUT2D eigenvalue weighted by atomic mass is 32.2. The van der Waals surface area contributed by atoms with Gasteiger partial charge in [-0.3, -0.25) is 28.1 Å². The summed E-state index contributed by atoms with van der Waals surface area (Å²) in [4.78, 5) is 97.1. The van der Waals surface area contributed by atoms with E-state index in [2.05, 4.69) is 43.5 Å². The molecule has 0 saturated carbocycles. The van der Waals surface area contributed by atoms with Gasteiger partial charge in [-0.25, -0.2) is 19.3 Å². The van der Waals surface area contributed by atoms with Crippen LogP contribution in [-0.4, -0.2) is 145 Å². The normalized spacial score (nSPS) is 23.7. The van der Waals surface area contributed by atoms with Gasteiger partial charge in [-0.15, -0.1) is 0 Å². The third-order valence-electron chi connectivity index (χ3n) is 13.2. The molecule has 0 bridgehead atoms. The molecule has 0 aliphatic carbocycles. The quantitative estimate of drug-likeness (QED) is 0.0286. The van der Waals surface area contributed by atoms with E-state index < -0.39 is 103 Å². The number of ether oxygens (including phenoxy) is 3. The first-order valence-electron chi connectivity index (χ1n) is 27.1. The van der Waals surface area contributed by atoms with Gasteiger partial charge in [-0.1, -0.05) is 122 Å². The number of hydrogen-bond acceptors (Lipinski definition) is 26. The Morgan fingerprint density at radius 1 is 0.850 bits per heavy atom. The second-order valence-corrected chi connectivity index (χ2v) is 25.6. The van der Waals surface area contributed by atoms with Crippen LogP contribution in [0.15, 0.2) is 24.8 Å². The fourth-order valence-corrected chi connectivity index (χ4v) is 12.0. The van der Waals surface area contributed by atoms with Crippen molar-refractivity contribution in [2.75, 3.05) is 44.4 Å². The summed E-state index contributed by atoms with van der Waals surface area (Å²) >= 11 is 1.05. The highest BCUT2D eigenvalue weighted by Gasteiger charge is 2.47. The van der Waals surface area contributed by atoms with E-state index >= 15 is 0 Å². The van der Waals surface area contributed by atoms with Crippen LogP contribution in [0.25, 0.3) is 11.2 Å². The van der Waals surface area contributed by atoms with Gasteiger partial charge in [0.05, 0.1) is 39.6 Å². The molecule has 2 aromatic rings. The lowest BCUT2D eigenvalue weighted by molar-refractivity contribution is -0.347. The number of allylic oxidation sites excluding steroid dienone is 1. The summed E-state index contributed by atoms with van der Waals surface area (Å²) in [6.45, 7) is 2.42. The molecule has 80 heavy (non-hydrogen) atoms. The Bertz CT molecular complexity index is 2390. The van der Waals surface area contributed by atoms with Crippen molar-refractivity contribution in [3.8, 4) is 0 Å². The SMILES string of the molecule is C[C@@H]1O[C@@H](OCCCCCCCCCCCCCCCCCC/C=C/C(=O)SCCNC(=O)CCNC(=O)[C@H](O)C(C)(C)COP(=O)([O-])OP(=O)([O-])OC[C@H]2O[C@@H](n3cnc4c(N)ncnc43)[C@H](O)[C@@H]2OP(=O)([O-])[O-])[C@H](O)C[C@H]1O. The first-order chi connectivity index (χ1) is 37.8. The minimum atomic E-state index is -5.93. The van der Waals surface area contributed by atoms with Gasteiger partial charge >= 0.3 is 0 Å². The van der Waals surface area contributed by atoms with E-state index in [4.69, 9.17) is 19.9 Å². The van der Waals surface area contributed by atoms with Gasteiger partial charge in [-0.05, 0) is 32.3 Å². The number of amides is 2. The number of aliphatic hydroxyl groups is 4. The number of carbonyl (C=O) groups excluding carboxylic acids is 3. The molecule has 2 saturated heterocycles. The number of nitrogens with two attached hydrogens (primary N) is 1. The average molecular weight is 1220 g/mol. The summed E-state index contributed by atoms with van der Waals surface area (Å²) in [5.41, 5.74) is 4.07. The Kier molecular flexibility index (Phi) is 30.3. The average Bonchev–Trinajstić information content (AvgIpc) is 3.98. The molecule has 11 atom stereocenters. The van der Waals surface area contributed by atoms with Crippen LogP contribution in [0.3, 0.4) is 0 Å². The van der Waals surface area contributed by atoms with Crippen LogP contribution in [-0.2, 0) is 60.2 Å². The lowest BCUT2D eigenvalue weighted by Gasteiger charge is -2.36. The molecule has 458 valence electrons. The number of aliphatic hydroxyl groups excluding tert-OH is 4. The number of rotatable bonds is 40. The maximum absolute atomic E-state index is 12.7. The number of carbonyl (C=O) groups is 3. The van der Waals surface area contributed by atoms with Gasteiger partial charge in [-0.2, -0.15) is 0 Å². The molecule has 0 aromatic carbocycles. The summed E-state index contributed by atoms with van der Waals surface area (Å²) in [5.74, 6) is -1.24. The van der Waals surface area contributed by atoms with E-state index in [9.17, 15) is 68.1 Å². The van der Waals surface area contributed by atoms with Gasteiger partial charge in [0.1, 0.15) is 42.4 Å². The number of unbranched alkanes of at least 4 members (excludes halogenated alkanes) is 16. The van der Waals surface area contributed by atoms with Crippen molar-refractivity contribution in [3.63, 3.8) is 0 Å². The van der Waals surface area contributed by atoms with Crippen LogP contribution in [0.1, 0.15) is 149 Å². The number of phosphoric ester groups is 3. The minimum Gasteiger partial charge on any atom is -0.790 e. The molecule has 0 spiro atoms. The summed E-state index contributed by atoms with van der Waals surface area (Å²) in [7, 11) is -17.6. The second kappa shape index (κ2) is 34.8. The third-order valence-corrected chi connectivity index (χ3v) is 17.1. The van der Waals surface area contributed by atoms with Crippen LogP contribution in [0, 0.1) is 5.41 Å². The zero-order valence-electron chi connectivity index (χ0n) is 45.5. The Labute approximate surface area is 470 Å². The van der Waals surface area contributed by atoms with E-state index in [0.717, 1.165) is 61.1 Å². The maximum Gasteiger partial charge on any atom is 0.274 e. The van der Waals surface area contributed by atoms with Crippen molar-refractivity contribution in [3.05, 3.63) is 24.8 Å². The van der Waals surface area contributed by atoms with Crippen LogP contribution in [0.2, 0.25) is 0 Å². The van der Waals surface area contributed by atoms with Crippen LogP contribution in [0.4, 0.5) is 5.82 Å². The van der Waals surface area contributed by atoms with Gasteiger partial charge in [0.15, 0.2) is 24.0 Å².